The van der Waals surface area contributed by atoms with Crippen LogP contribution in [0.25, 0.3) is 11.0 Å². The summed E-state index contributed by atoms with van der Waals surface area (Å²) in [6.07, 6.45) is 2.98. The number of imidazole rings is 1. The minimum absolute atomic E-state index is 0.115. The molecule has 0 saturated carbocycles. The third-order valence-corrected chi connectivity index (χ3v) is 5.39. The summed E-state index contributed by atoms with van der Waals surface area (Å²) in [5, 5.41) is 10.5. The lowest BCUT2D eigenvalue weighted by Gasteiger charge is -2.24. The van der Waals surface area contributed by atoms with Crippen LogP contribution in [0.5, 0.6) is 0 Å². The lowest BCUT2D eigenvalue weighted by Crippen LogP contribution is -2.34. The molecule has 1 aliphatic rings. The molecule has 1 amide bonds. The van der Waals surface area contributed by atoms with Crippen LogP contribution >= 0.6 is 0 Å². The molecule has 0 fully saturated rings. The number of hydrogen-bond donors (Lipinski definition) is 2. The molecule has 2 aromatic heterocycles. The Kier molecular flexibility index (Phi) is 4.50. The second kappa shape index (κ2) is 6.83. The number of aromatic nitrogens is 4. The van der Waals surface area contributed by atoms with E-state index < -0.39 is 0 Å². The van der Waals surface area contributed by atoms with Crippen LogP contribution in [0.3, 0.4) is 0 Å². The average Bonchev–Trinajstić information content (AvgIpc) is 3.31. The van der Waals surface area contributed by atoms with Crippen LogP contribution in [-0.2, 0) is 12.8 Å². The average molecular weight is 365 g/mol. The number of para-hydroxylation sites is 2. The van der Waals surface area contributed by atoms with Crippen LogP contribution < -0.4 is 5.32 Å². The van der Waals surface area contributed by atoms with E-state index in [1.807, 2.05) is 18.2 Å². The monoisotopic (exact) mass is 365 g/mol. The molecule has 0 spiro atoms. The van der Waals surface area contributed by atoms with Gasteiger partial charge in [-0.25, -0.2) is 4.98 Å². The molecule has 1 aromatic carbocycles. The maximum Gasteiger partial charge on any atom is 0.272 e. The van der Waals surface area contributed by atoms with Crippen molar-refractivity contribution in [3.8, 4) is 0 Å². The van der Waals surface area contributed by atoms with Crippen LogP contribution in [0.15, 0.2) is 24.3 Å². The fourth-order valence-corrected chi connectivity index (χ4v) is 4.07. The molecule has 6 heteroatoms. The minimum atomic E-state index is -0.180. The van der Waals surface area contributed by atoms with Crippen molar-refractivity contribution < 1.29 is 4.79 Å². The Morgan fingerprint density at radius 3 is 2.70 bits per heavy atom. The highest BCUT2D eigenvalue weighted by molar-refractivity contribution is 5.94. The lowest BCUT2D eigenvalue weighted by molar-refractivity contribution is 0.0915. The Morgan fingerprint density at radius 2 is 1.96 bits per heavy atom. The normalized spacial score (nSPS) is 14.9. The summed E-state index contributed by atoms with van der Waals surface area (Å²) in [7, 11) is 0. The molecule has 0 saturated heterocycles. The molecular formula is C21H27N5O. The Balaban J connectivity index is 1.72. The summed E-state index contributed by atoms with van der Waals surface area (Å²) in [6.45, 7) is 8.53. The van der Waals surface area contributed by atoms with E-state index in [4.69, 9.17) is 4.98 Å². The number of rotatable bonds is 5. The fraction of sp³-hybridized carbons (Fsp3) is 0.476. The maximum absolute atomic E-state index is 13.0. The number of benzene rings is 1. The van der Waals surface area contributed by atoms with Gasteiger partial charge in [0.1, 0.15) is 5.82 Å². The number of nitrogens with zero attached hydrogens (tertiary/aromatic N) is 3. The summed E-state index contributed by atoms with van der Waals surface area (Å²) in [4.78, 5) is 17.9. The van der Waals surface area contributed by atoms with Crippen molar-refractivity contribution in [2.75, 3.05) is 0 Å². The molecule has 2 heterocycles. The van der Waals surface area contributed by atoms with E-state index in [-0.39, 0.29) is 23.9 Å². The van der Waals surface area contributed by atoms with Gasteiger partial charge in [0, 0.05) is 17.3 Å². The second-order valence-electron chi connectivity index (χ2n) is 8.00. The highest BCUT2D eigenvalue weighted by Gasteiger charge is 2.29. The number of hydrogen-bond acceptors (Lipinski definition) is 3. The van der Waals surface area contributed by atoms with Gasteiger partial charge >= 0.3 is 0 Å². The summed E-state index contributed by atoms with van der Waals surface area (Å²) < 4.78 is 2.23. The SMILES string of the molecule is CC(C)[C@H](NC(=O)c1n[nH]c2c1CCC2)c1nc2ccccc2n1C(C)C. The van der Waals surface area contributed by atoms with Crippen molar-refractivity contribution in [3.63, 3.8) is 0 Å². The van der Waals surface area contributed by atoms with E-state index in [0.717, 1.165) is 47.4 Å². The van der Waals surface area contributed by atoms with Gasteiger partial charge in [-0.15, -0.1) is 0 Å². The lowest BCUT2D eigenvalue weighted by atomic mass is 10.0. The number of H-pyrrole nitrogens is 1. The number of carbonyl (C=O) groups excluding carboxylic acids is 1. The van der Waals surface area contributed by atoms with E-state index >= 15 is 0 Å². The molecular weight excluding hydrogens is 338 g/mol. The first-order valence-corrected chi connectivity index (χ1v) is 9.81. The van der Waals surface area contributed by atoms with Crippen molar-refractivity contribution in [3.05, 3.63) is 47.0 Å². The minimum Gasteiger partial charge on any atom is -0.340 e. The number of fused-ring (bicyclic) bond motifs is 2. The third kappa shape index (κ3) is 3.03. The first-order chi connectivity index (χ1) is 13.0. The van der Waals surface area contributed by atoms with Crippen LogP contribution in [0, 0.1) is 5.92 Å². The molecule has 4 rings (SSSR count). The topological polar surface area (TPSA) is 75.6 Å². The highest BCUT2D eigenvalue weighted by atomic mass is 16.2. The Labute approximate surface area is 159 Å². The van der Waals surface area contributed by atoms with Crippen molar-refractivity contribution in [1.29, 1.82) is 0 Å². The van der Waals surface area contributed by atoms with Crippen LogP contribution in [0.4, 0.5) is 0 Å². The fourth-order valence-electron chi connectivity index (χ4n) is 4.07. The van der Waals surface area contributed by atoms with E-state index in [9.17, 15) is 4.79 Å². The molecule has 27 heavy (non-hydrogen) atoms. The number of aromatic amines is 1. The molecule has 0 radical (unpaired) electrons. The van der Waals surface area contributed by atoms with Gasteiger partial charge in [0.05, 0.1) is 17.1 Å². The predicted octanol–water partition coefficient (Wildman–Crippen LogP) is 3.96. The van der Waals surface area contributed by atoms with Gasteiger partial charge in [0.15, 0.2) is 5.69 Å². The van der Waals surface area contributed by atoms with E-state index in [1.165, 1.54) is 0 Å². The van der Waals surface area contributed by atoms with Crippen molar-refractivity contribution in [2.24, 2.45) is 5.92 Å². The molecule has 2 N–H and O–H groups in total. The van der Waals surface area contributed by atoms with Gasteiger partial charge < -0.3 is 9.88 Å². The summed E-state index contributed by atoms with van der Waals surface area (Å²) >= 11 is 0. The van der Waals surface area contributed by atoms with Gasteiger partial charge in [-0.05, 0) is 51.2 Å². The molecule has 1 aliphatic carbocycles. The zero-order chi connectivity index (χ0) is 19.1. The second-order valence-corrected chi connectivity index (χ2v) is 8.00. The van der Waals surface area contributed by atoms with Gasteiger partial charge in [0.2, 0.25) is 0 Å². The molecule has 1 atom stereocenters. The zero-order valence-corrected chi connectivity index (χ0v) is 16.4. The number of carbonyl (C=O) groups is 1. The quantitative estimate of drug-likeness (QED) is 0.719. The van der Waals surface area contributed by atoms with Crippen molar-refractivity contribution in [1.82, 2.24) is 25.1 Å². The van der Waals surface area contributed by atoms with Crippen molar-refractivity contribution >= 4 is 16.9 Å². The Bertz CT molecular complexity index is 982. The number of nitrogens with one attached hydrogen (secondary N) is 2. The molecule has 6 nitrogen and oxygen atoms in total. The maximum atomic E-state index is 13.0. The summed E-state index contributed by atoms with van der Waals surface area (Å²) in [6, 6.07) is 8.22. The van der Waals surface area contributed by atoms with Gasteiger partial charge in [0.25, 0.3) is 5.91 Å². The third-order valence-electron chi connectivity index (χ3n) is 5.39. The van der Waals surface area contributed by atoms with E-state index in [1.54, 1.807) is 0 Å². The molecule has 142 valence electrons. The van der Waals surface area contributed by atoms with Crippen LogP contribution in [0.2, 0.25) is 0 Å². The first-order valence-electron chi connectivity index (χ1n) is 9.81. The van der Waals surface area contributed by atoms with E-state index in [2.05, 4.69) is 53.8 Å². The Morgan fingerprint density at radius 1 is 1.19 bits per heavy atom. The largest absolute Gasteiger partial charge is 0.340 e. The number of amides is 1. The van der Waals surface area contributed by atoms with Crippen LogP contribution in [-0.4, -0.2) is 25.7 Å². The molecule has 0 aliphatic heterocycles. The smallest absolute Gasteiger partial charge is 0.272 e. The first kappa shape index (κ1) is 17.8. The number of aryl methyl sites for hydroxylation is 1. The summed E-state index contributed by atoms with van der Waals surface area (Å²) in [5.74, 6) is 0.993. The predicted molar refractivity (Wildman–Crippen MR) is 106 cm³/mol. The van der Waals surface area contributed by atoms with Crippen molar-refractivity contribution in [2.45, 2.75) is 59.0 Å². The standard InChI is InChI=1S/C21H27N5O/c1-12(2)18(23-21(27)19-14-8-7-10-15(14)24-25-19)20-22-16-9-5-6-11-17(16)26(20)13(3)4/h5-6,9,11-13,18H,7-8,10H2,1-4H3,(H,23,27)(H,24,25)/t18-/m0/s1. The Hall–Kier alpha value is -2.63. The van der Waals surface area contributed by atoms with Gasteiger partial charge in [-0.3, -0.25) is 9.89 Å². The molecule has 0 bridgehead atoms. The molecule has 0 unspecified atom stereocenters. The highest BCUT2D eigenvalue weighted by Crippen LogP contribution is 2.30. The zero-order valence-electron chi connectivity index (χ0n) is 16.4. The molecule has 3 aromatic rings. The van der Waals surface area contributed by atoms with Gasteiger partial charge in [-0.2, -0.15) is 5.10 Å². The van der Waals surface area contributed by atoms with Crippen LogP contribution in [0.1, 0.15) is 73.8 Å². The summed E-state index contributed by atoms with van der Waals surface area (Å²) in [5.41, 5.74) is 4.79. The van der Waals surface area contributed by atoms with Gasteiger partial charge in [-0.1, -0.05) is 26.0 Å². The van der Waals surface area contributed by atoms with E-state index in [0.29, 0.717) is 5.69 Å².